The van der Waals surface area contributed by atoms with Gasteiger partial charge in [0.15, 0.2) is 5.65 Å². The third-order valence-corrected chi connectivity index (χ3v) is 6.94. The number of aromatic nitrogens is 3. The van der Waals surface area contributed by atoms with Gasteiger partial charge in [0.2, 0.25) is 0 Å². The largest absolute Gasteiger partial charge is 0.457 e. The number of nitrogens with zero attached hydrogens (tertiary/aromatic N) is 3. The molecule has 0 aliphatic carbocycles. The predicted molar refractivity (Wildman–Crippen MR) is 140 cm³/mol. The number of fused-ring (bicyclic) bond motifs is 2. The first-order valence-electron chi connectivity index (χ1n) is 11.3. The molecule has 0 radical (unpaired) electrons. The molecule has 3 aromatic heterocycles. The van der Waals surface area contributed by atoms with E-state index in [4.69, 9.17) is 14.8 Å². The minimum absolute atomic E-state index is 0.185. The number of thiophene rings is 1. The van der Waals surface area contributed by atoms with Gasteiger partial charge in [-0.05, 0) is 52.9 Å². The van der Waals surface area contributed by atoms with Gasteiger partial charge in [-0.2, -0.15) is 5.10 Å². The molecule has 170 valence electrons. The summed E-state index contributed by atoms with van der Waals surface area (Å²) in [7, 11) is 0. The number of pyridine rings is 1. The number of hydrogen-bond donors (Lipinski definition) is 0. The van der Waals surface area contributed by atoms with Crippen LogP contribution in [0.2, 0.25) is 0 Å². The van der Waals surface area contributed by atoms with E-state index in [0.29, 0.717) is 16.6 Å². The summed E-state index contributed by atoms with van der Waals surface area (Å²) < 4.78 is 7.67. The Morgan fingerprint density at radius 3 is 2.57 bits per heavy atom. The van der Waals surface area contributed by atoms with Crippen LogP contribution in [0.1, 0.15) is 21.6 Å². The lowest BCUT2D eigenvalue weighted by Crippen LogP contribution is -2.08. The number of ether oxygens (including phenoxy) is 1. The summed E-state index contributed by atoms with van der Waals surface area (Å²) in [4.78, 5) is 19.4. The van der Waals surface area contributed by atoms with Gasteiger partial charge in [0.25, 0.3) is 0 Å². The SMILES string of the molecule is Cc1nn(-c2ccccc2)c2nc(-c3cccs3)cc(C(=O)OCc3cccc4ccccc34)c12. The summed E-state index contributed by atoms with van der Waals surface area (Å²) in [6.07, 6.45) is 0. The lowest BCUT2D eigenvalue weighted by Gasteiger charge is -2.10. The van der Waals surface area contributed by atoms with E-state index in [1.165, 1.54) is 0 Å². The molecule has 0 bridgehead atoms. The number of benzene rings is 3. The molecule has 0 aliphatic heterocycles. The van der Waals surface area contributed by atoms with E-state index in [9.17, 15) is 4.79 Å². The average Bonchev–Trinajstić information content (AvgIpc) is 3.56. The maximum absolute atomic E-state index is 13.5. The zero-order valence-corrected chi connectivity index (χ0v) is 19.8. The Balaban J connectivity index is 1.45. The molecule has 0 aliphatic rings. The maximum atomic E-state index is 13.5. The van der Waals surface area contributed by atoms with Gasteiger partial charge in [-0.1, -0.05) is 66.7 Å². The molecule has 0 spiro atoms. The summed E-state index contributed by atoms with van der Waals surface area (Å²) >= 11 is 1.58. The van der Waals surface area contributed by atoms with Crippen molar-refractivity contribution in [1.82, 2.24) is 14.8 Å². The van der Waals surface area contributed by atoms with Crippen LogP contribution in [0.25, 0.3) is 38.1 Å². The standard InChI is InChI=1S/C29H21N3O2S/c1-19-27-24(29(33)34-18-21-11-7-10-20-9-5-6-14-23(20)21)17-25(26-15-8-16-35-26)30-28(27)32(31-19)22-12-3-2-4-13-22/h2-17H,18H2,1H3. The number of rotatable bonds is 5. The van der Waals surface area contributed by atoms with Crippen molar-refractivity contribution in [3.63, 3.8) is 0 Å². The molecule has 0 saturated heterocycles. The number of para-hydroxylation sites is 1. The fourth-order valence-corrected chi connectivity index (χ4v) is 5.08. The summed E-state index contributed by atoms with van der Waals surface area (Å²) in [6, 6.07) is 29.8. The first-order valence-corrected chi connectivity index (χ1v) is 12.2. The monoisotopic (exact) mass is 475 g/mol. The van der Waals surface area contributed by atoms with E-state index in [0.717, 1.165) is 38.3 Å². The Morgan fingerprint density at radius 1 is 0.943 bits per heavy atom. The average molecular weight is 476 g/mol. The minimum atomic E-state index is -0.390. The van der Waals surface area contributed by atoms with Crippen LogP contribution in [0.4, 0.5) is 0 Å². The molecule has 35 heavy (non-hydrogen) atoms. The van der Waals surface area contributed by atoms with Crippen molar-refractivity contribution < 1.29 is 9.53 Å². The first kappa shape index (κ1) is 21.3. The second kappa shape index (κ2) is 8.81. The smallest absolute Gasteiger partial charge is 0.339 e. The number of carbonyl (C=O) groups is 1. The highest BCUT2D eigenvalue weighted by Crippen LogP contribution is 2.31. The van der Waals surface area contributed by atoms with Gasteiger partial charge in [0, 0.05) is 0 Å². The van der Waals surface area contributed by atoms with Crippen molar-refractivity contribution in [3.8, 4) is 16.3 Å². The third-order valence-electron chi connectivity index (χ3n) is 6.05. The van der Waals surface area contributed by atoms with Crippen LogP contribution in [-0.4, -0.2) is 20.7 Å². The molecule has 5 nitrogen and oxygen atoms in total. The molecule has 0 N–H and O–H groups in total. The van der Waals surface area contributed by atoms with E-state index in [1.807, 2.05) is 91.2 Å². The Labute approximate surface area is 206 Å². The molecule has 6 heteroatoms. The van der Waals surface area contributed by atoms with Crippen LogP contribution in [-0.2, 0) is 11.3 Å². The number of carbonyl (C=O) groups excluding carboxylic acids is 1. The first-order chi connectivity index (χ1) is 17.2. The van der Waals surface area contributed by atoms with E-state index in [-0.39, 0.29) is 12.6 Å². The van der Waals surface area contributed by atoms with Gasteiger partial charge in [0.05, 0.1) is 32.9 Å². The van der Waals surface area contributed by atoms with Gasteiger partial charge in [0.1, 0.15) is 6.61 Å². The van der Waals surface area contributed by atoms with Crippen molar-refractivity contribution in [2.24, 2.45) is 0 Å². The lowest BCUT2D eigenvalue weighted by atomic mass is 10.1. The summed E-state index contributed by atoms with van der Waals surface area (Å²) in [6.45, 7) is 2.08. The predicted octanol–water partition coefficient (Wildman–Crippen LogP) is 6.97. The molecule has 3 heterocycles. The molecule has 0 fully saturated rings. The quantitative estimate of drug-likeness (QED) is 0.253. The molecule has 6 aromatic rings. The van der Waals surface area contributed by atoms with Crippen molar-refractivity contribution in [2.45, 2.75) is 13.5 Å². The van der Waals surface area contributed by atoms with E-state index >= 15 is 0 Å². The molecule has 0 amide bonds. The number of esters is 1. The molecule has 0 atom stereocenters. The molecule has 0 unspecified atom stereocenters. The van der Waals surface area contributed by atoms with Crippen molar-refractivity contribution in [1.29, 1.82) is 0 Å². The molecular weight excluding hydrogens is 454 g/mol. The summed E-state index contributed by atoms with van der Waals surface area (Å²) in [5.41, 5.74) is 4.41. The fraction of sp³-hybridized carbons (Fsp3) is 0.0690. The summed E-state index contributed by atoms with van der Waals surface area (Å²) in [5.74, 6) is -0.390. The van der Waals surface area contributed by atoms with Gasteiger partial charge >= 0.3 is 5.97 Å². The Morgan fingerprint density at radius 2 is 1.74 bits per heavy atom. The second-order valence-electron chi connectivity index (χ2n) is 8.28. The van der Waals surface area contributed by atoms with E-state index in [2.05, 4.69) is 12.1 Å². The van der Waals surface area contributed by atoms with Crippen LogP contribution in [0.5, 0.6) is 0 Å². The Hall–Kier alpha value is -4.29. The maximum Gasteiger partial charge on any atom is 0.339 e. The van der Waals surface area contributed by atoms with Gasteiger partial charge in [-0.25, -0.2) is 14.5 Å². The normalized spacial score (nSPS) is 11.2. The van der Waals surface area contributed by atoms with Gasteiger partial charge in [-0.3, -0.25) is 0 Å². The van der Waals surface area contributed by atoms with Crippen molar-refractivity contribution in [3.05, 3.63) is 113 Å². The lowest BCUT2D eigenvalue weighted by molar-refractivity contribution is 0.0476. The zero-order valence-electron chi connectivity index (χ0n) is 19.0. The van der Waals surface area contributed by atoms with Crippen LogP contribution >= 0.6 is 11.3 Å². The third kappa shape index (κ3) is 3.88. The Kier molecular flexibility index (Phi) is 5.35. The van der Waals surface area contributed by atoms with Crippen LogP contribution in [0.15, 0.2) is 96.4 Å². The van der Waals surface area contributed by atoms with Crippen molar-refractivity contribution >= 4 is 39.1 Å². The van der Waals surface area contributed by atoms with E-state index < -0.39 is 0 Å². The molecule has 6 rings (SSSR count). The van der Waals surface area contributed by atoms with E-state index in [1.54, 1.807) is 16.0 Å². The van der Waals surface area contributed by atoms with Crippen LogP contribution < -0.4 is 0 Å². The van der Waals surface area contributed by atoms with Crippen LogP contribution in [0.3, 0.4) is 0 Å². The van der Waals surface area contributed by atoms with Gasteiger partial charge in [-0.15, -0.1) is 11.3 Å². The van der Waals surface area contributed by atoms with Crippen molar-refractivity contribution in [2.75, 3.05) is 0 Å². The number of hydrogen-bond acceptors (Lipinski definition) is 5. The Bertz CT molecular complexity index is 1670. The number of aryl methyl sites for hydroxylation is 1. The zero-order chi connectivity index (χ0) is 23.8. The summed E-state index contributed by atoms with van der Waals surface area (Å²) in [5, 5.41) is 9.64. The van der Waals surface area contributed by atoms with Crippen LogP contribution in [0, 0.1) is 6.92 Å². The highest BCUT2D eigenvalue weighted by Gasteiger charge is 2.22. The highest BCUT2D eigenvalue weighted by molar-refractivity contribution is 7.13. The fourth-order valence-electron chi connectivity index (χ4n) is 4.39. The topological polar surface area (TPSA) is 57.0 Å². The highest BCUT2D eigenvalue weighted by atomic mass is 32.1. The molecular formula is C29H21N3O2S. The minimum Gasteiger partial charge on any atom is -0.457 e. The molecule has 3 aromatic carbocycles. The van der Waals surface area contributed by atoms with Gasteiger partial charge < -0.3 is 4.74 Å². The molecule has 0 saturated carbocycles. The second-order valence-corrected chi connectivity index (χ2v) is 9.23.